The Kier molecular flexibility index (Phi) is 5.37. The Morgan fingerprint density at radius 3 is 2.65 bits per heavy atom. The topological polar surface area (TPSA) is 77.2 Å². The summed E-state index contributed by atoms with van der Waals surface area (Å²) in [4.78, 5) is 17.1. The van der Waals surface area contributed by atoms with Gasteiger partial charge in [0.05, 0.1) is 11.4 Å². The molecule has 7 heteroatoms. The number of carbonyl (C=O) groups excluding carboxylic acids is 1. The standard InChI is InChI=1S/C19H21N3O3S/c1-19(2,3)13-6-8-14(9-7-13)24-12-16(23)20-11-17-21-18(22-25-17)15-5-4-10-26-15/h4-10H,11-12H2,1-3H3,(H,20,23). The van der Waals surface area contributed by atoms with Gasteiger partial charge in [-0.25, -0.2) is 0 Å². The first-order chi connectivity index (χ1) is 12.4. The molecule has 3 rings (SSSR count). The molecule has 0 saturated heterocycles. The zero-order valence-electron chi connectivity index (χ0n) is 15.0. The van der Waals surface area contributed by atoms with Gasteiger partial charge in [-0.15, -0.1) is 11.3 Å². The van der Waals surface area contributed by atoms with Crippen LogP contribution in [0, 0.1) is 0 Å². The number of hydrogen-bond acceptors (Lipinski definition) is 6. The average molecular weight is 371 g/mol. The van der Waals surface area contributed by atoms with Gasteiger partial charge in [-0.3, -0.25) is 4.79 Å². The fraction of sp³-hybridized carbons (Fsp3) is 0.316. The first-order valence-corrected chi connectivity index (χ1v) is 9.16. The first-order valence-electron chi connectivity index (χ1n) is 8.28. The van der Waals surface area contributed by atoms with Gasteiger partial charge < -0.3 is 14.6 Å². The largest absolute Gasteiger partial charge is 0.484 e. The lowest BCUT2D eigenvalue weighted by atomic mass is 9.87. The molecule has 2 aromatic heterocycles. The molecule has 0 aliphatic carbocycles. The lowest BCUT2D eigenvalue weighted by Crippen LogP contribution is -2.28. The normalized spacial score (nSPS) is 11.3. The summed E-state index contributed by atoms with van der Waals surface area (Å²) in [6.07, 6.45) is 0. The maximum Gasteiger partial charge on any atom is 0.258 e. The molecule has 0 radical (unpaired) electrons. The van der Waals surface area contributed by atoms with E-state index < -0.39 is 0 Å². The van der Waals surface area contributed by atoms with E-state index in [9.17, 15) is 4.79 Å². The molecule has 0 spiro atoms. The van der Waals surface area contributed by atoms with Gasteiger partial charge in [-0.2, -0.15) is 4.98 Å². The van der Waals surface area contributed by atoms with Crippen LogP contribution in [0.2, 0.25) is 0 Å². The van der Waals surface area contributed by atoms with Crippen LogP contribution in [0.25, 0.3) is 10.7 Å². The number of rotatable bonds is 6. The number of benzene rings is 1. The highest BCUT2D eigenvalue weighted by atomic mass is 32.1. The van der Waals surface area contributed by atoms with Crippen molar-refractivity contribution < 1.29 is 14.1 Å². The lowest BCUT2D eigenvalue weighted by molar-refractivity contribution is -0.123. The number of thiophene rings is 1. The lowest BCUT2D eigenvalue weighted by Gasteiger charge is -2.19. The molecule has 0 bridgehead atoms. The van der Waals surface area contributed by atoms with E-state index in [1.165, 1.54) is 16.9 Å². The third-order valence-corrected chi connectivity index (χ3v) is 4.60. The smallest absolute Gasteiger partial charge is 0.258 e. The summed E-state index contributed by atoms with van der Waals surface area (Å²) in [5.74, 6) is 1.29. The van der Waals surface area contributed by atoms with Crippen molar-refractivity contribution in [2.75, 3.05) is 6.61 Å². The highest BCUT2D eigenvalue weighted by Gasteiger charge is 2.14. The predicted octanol–water partition coefficient (Wildman–Crippen LogP) is 3.79. The SMILES string of the molecule is CC(C)(C)c1ccc(OCC(=O)NCc2nc(-c3cccs3)no2)cc1. The number of amides is 1. The number of nitrogens with zero attached hydrogens (tertiary/aromatic N) is 2. The highest BCUT2D eigenvalue weighted by molar-refractivity contribution is 7.13. The fourth-order valence-corrected chi connectivity index (χ4v) is 2.91. The number of ether oxygens (including phenoxy) is 1. The van der Waals surface area contributed by atoms with E-state index in [1.54, 1.807) is 0 Å². The van der Waals surface area contributed by atoms with Crippen LogP contribution in [0.4, 0.5) is 0 Å². The molecular weight excluding hydrogens is 350 g/mol. The van der Waals surface area contributed by atoms with Gasteiger partial charge in [-0.05, 0) is 34.6 Å². The molecule has 26 heavy (non-hydrogen) atoms. The maximum absolute atomic E-state index is 11.9. The van der Waals surface area contributed by atoms with Crippen LogP contribution in [-0.2, 0) is 16.8 Å². The van der Waals surface area contributed by atoms with E-state index in [0.717, 1.165) is 4.88 Å². The van der Waals surface area contributed by atoms with E-state index in [4.69, 9.17) is 9.26 Å². The van der Waals surface area contributed by atoms with E-state index in [-0.39, 0.29) is 24.5 Å². The van der Waals surface area contributed by atoms with Crippen molar-refractivity contribution in [3.63, 3.8) is 0 Å². The summed E-state index contributed by atoms with van der Waals surface area (Å²) in [5.41, 5.74) is 1.30. The molecule has 3 aromatic rings. The van der Waals surface area contributed by atoms with Crippen LogP contribution in [0.15, 0.2) is 46.3 Å². The van der Waals surface area contributed by atoms with Gasteiger partial charge in [0.25, 0.3) is 5.91 Å². The van der Waals surface area contributed by atoms with Gasteiger partial charge in [0, 0.05) is 0 Å². The number of nitrogens with one attached hydrogen (secondary N) is 1. The second kappa shape index (κ2) is 7.70. The molecule has 0 aliphatic heterocycles. The van der Waals surface area contributed by atoms with Crippen LogP contribution in [0.5, 0.6) is 5.75 Å². The average Bonchev–Trinajstić information content (AvgIpc) is 3.29. The Morgan fingerprint density at radius 1 is 1.23 bits per heavy atom. The fourth-order valence-electron chi connectivity index (χ4n) is 2.26. The van der Waals surface area contributed by atoms with Gasteiger partial charge in [0.15, 0.2) is 6.61 Å². The van der Waals surface area contributed by atoms with Crippen LogP contribution in [-0.4, -0.2) is 22.7 Å². The van der Waals surface area contributed by atoms with Gasteiger partial charge in [0.2, 0.25) is 11.7 Å². The first kappa shape index (κ1) is 18.1. The van der Waals surface area contributed by atoms with E-state index in [2.05, 4.69) is 36.2 Å². The predicted molar refractivity (Wildman–Crippen MR) is 100 cm³/mol. The molecule has 0 unspecified atom stereocenters. The number of carbonyl (C=O) groups is 1. The minimum absolute atomic E-state index is 0.0687. The molecule has 0 aliphatic rings. The third-order valence-electron chi connectivity index (χ3n) is 3.74. The van der Waals surface area contributed by atoms with Crippen LogP contribution >= 0.6 is 11.3 Å². The van der Waals surface area contributed by atoms with Crippen LogP contribution < -0.4 is 10.1 Å². The Bertz CT molecular complexity index is 849. The summed E-state index contributed by atoms with van der Waals surface area (Å²) in [7, 11) is 0. The highest BCUT2D eigenvalue weighted by Crippen LogP contribution is 2.24. The van der Waals surface area contributed by atoms with Crippen molar-refractivity contribution in [1.82, 2.24) is 15.5 Å². The second-order valence-corrected chi connectivity index (χ2v) is 7.78. The summed E-state index contributed by atoms with van der Waals surface area (Å²) >= 11 is 1.53. The molecule has 0 fully saturated rings. The van der Waals surface area contributed by atoms with E-state index in [0.29, 0.717) is 17.5 Å². The quantitative estimate of drug-likeness (QED) is 0.713. The molecule has 1 N–H and O–H groups in total. The Labute approximate surface area is 156 Å². The van der Waals surface area contributed by atoms with Gasteiger partial charge in [0.1, 0.15) is 5.75 Å². The minimum atomic E-state index is -0.249. The summed E-state index contributed by atoms with van der Waals surface area (Å²) in [6, 6.07) is 11.6. The van der Waals surface area contributed by atoms with Crippen molar-refractivity contribution in [3.05, 3.63) is 53.2 Å². The van der Waals surface area contributed by atoms with Crippen molar-refractivity contribution in [3.8, 4) is 16.5 Å². The summed E-state index contributed by atoms with van der Waals surface area (Å²) in [6.45, 7) is 6.55. The second-order valence-electron chi connectivity index (χ2n) is 6.83. The Morgan fingerprint density at radius 2 is 2.00 bits per heavy atom. The molecule has 0 saturated carbocycles. The zero-order chi connectivity index (χ0) is 18.6. The maximum atomic E-state index is 11.9. The number of hydrogen-bond donors (Lipinski definition) is 1. The van der Waals surface area contributed by atoms with Crippen molar-refractivity contribution in [1.29, 1.82) is 0 Å². The molecule has 6 nitrogen and oxygen atoms in total. The van der Waals surface area contributed by atoms with Crippen molar-refractivity contribution >= 4 is 17.2 Å². The van der Waals surface area contributed by atoms with Crippen molar-refractivity contribution in [2.24, 2.45) is 0 Å². The summed E-state index contributed by atoms with van der Waals surface area (Å²) < 4.78 is 10.6. The summed E-state index contributed by atoms with van der Waals surface area (Å²) in [5, 5.41) is 8.55. The third kappa shape index (κ3) is 4.70. The van der Waals surface area contributed by atoms with Crippen LogP contribution in [0.3, 0.4) is 0 Å². The van der Waals surface area contributed by atoms with Gasteiger partial charge in [-0.1, -0.05) is 44.1 Å². The van der Waals surface area contributed by atoms with Gasteiger partial charge >= 0.3 is 0 Å². The van der Waals surface area contributed by atoms with Crippen LogP contribution in [0.1, 0.15) is 32.2 Å². The monoisotopic (exact) mass is 371 g/mol. The van der Waals surface area contributed by atoms with E-state index in [1.807, 2.05) is 41.8 Å². The molecule has 136 valence electrons. The molecule has 0 atom stereocenters. The minimum Gasteiger partial charge on any atom is -0.484 e. The Hall–Kier alpha value is -2.67. The van der Waals surface area contributed by atoms with E-state index >= 15 is 0 Å². The van der Waals surface area contributed by atoms with Crippen molar-refractivity contribution in [2.45, 2.75) is 32.7 Å². The molecule has 2 heterocycles. The molecular formula is C19H21N3O3S. The Balaban J connectivity index is 1.46. The molecule has 1 amide bonds. The number of aromatic nitrogens is 2. The zero-order valence-corrected chi connectivity index (χ0v) is 15.8. The molecule has 1 aromatic carbocycles.